The van der Waals surface area contributed by atoms with Crippen molar-refractivity contribution in [3.8, 4) is 11.5 Å². The van der Waals surface area contributed by atoms with Crippen molar-refractivity contribution in [3.05, 3.63) is 56.9 Å². The summed E-state index contributed by atoms with van der Waals surface area (Å²) in [6, 6.07) is 5.16. The van der Waals surface area contributed by atoms with E-state index in [9.17, 15) is 14.4 Å². The molecule has 0 spiro atoms. The van der Waals surface area contributed by atoms with Gasteiger partial charge >= 0.3 is 17.1 Å². The number of nitrogens with zero attached hydrogens (tertiary/aromatic N) is 2. The molecule has 8 nitrogen and oxygen atoms in total. The van der Waals surface area contributed by atoms with Crippen molar-refractivity contribution in [3.63, 3.8) is 0 Å². The number of carbonyl (C=O) groups is 1. The van der Waals surface area contributed by atoms with Crippen LogP contribution in [0.1, 0.15) is 18.9 Å². The molecule has 0 aliphatic carbocycles. The van der Waals surface area contributed by atoms with Crippen LogP contribution in [0.5, 0.6) is 11.5 Å². The maximum absolute atomic E-state index is 12.2. The molecular weight excluding hydrogens is 316 g/mol. The Morgan fingerprint density at radius 1 is 1.08 bits per heavy atom. The summed E-state index contributed by atoms with van der Waals surface area (Å²) in [5, 5.41) is 0. The van der Waals surface area contributed by atoms with E-state index in [2.05, 4.69) is 0 Å². The fourth-order valence-corrected chi connectivity index (χ4v) is 2.03. The maximum Gasteiger partial charge on any atom is 0.349 e. The molecule has 2 rings (SSSR count). The average Bonchev–Trinajstić information content (AvgIpc) is 2.61. The van der Waals surface area contributed by atoms with Crippen molar-refractivity contribution in [2.24, 2.45) is 0 Å². The minimum atomic E-state index is -0.938. The van der Waals surface area contributed by atoms with Crippen molar-refractivity contribution >= 4 is 5.97 Å². The van der Waals surface area contributed by atoms with Crippen LogP contribution in [-0.2, 0) is 11.3 Å². The number of hydrogen-bond acceptors (Lipinski definition) is 6. The van der Waals surface area contributed by atoms with Crippen LogP contribution < -0.4 is 25.4 Å². The first-order valence-corrected chi connectivity index (χ1v) is 7.24. The lowest BCUT2D eigenvalue weighted by molar-refractivity contribution is -0.144. The summed E-state index contributed by atoms with van der Waals surface area (Å²) >= 11 is 0. The quantitative estimate of drug-likeness (QED) is 0.712. The number of benzene rings is 1. The van der Waals surface area contributed by atoms with Crippen molar-refractivity contribution in [2.75, 3.05) is 14.2 Å². The lowest BCUT2D eigenvalue weighted by atomic mass is 10.2. The van der Waals surface area contributed by atoms with Crippen LogP contribution in [-0.4, -0.2) is 29.5 Å². The molecule has 0 radical (unpaired) electrons. The molecule has 0 atom stereocenters. The smallest absolute Gasteiger partial charge is 0.349 e. The summed E-state index contributed by atoms with van der Waals surface area (Å²) in [5.74, 6) is 0.541. The summed E-state index contributed by atoms with van der Waals surface area (Å²) in [5.41, 5.74) is -1.05. The normalized spacial score (nSPS) is 10.3. The lowest BCUT2D eigenvalue weighted by Gasteiger charge is -2.12. The zero-order chi connectivity index (χ0) is 17.7. The largest absolute Gasteiger partial charge is 0.497 e. The van der Waals surface area contributed by atoms with Crippen molar-refractivity contribution in [1.29, 1.82) is 0 Å². The second-order valence-electron chi connectivity index (χ2n) is 4.86. The summed E-state index contributed by atoms with van der Waals surface area (Å²) in [7, 11) is 3.04. The van der Waals surface area contributed by atoms with Crippen LogP contribution in [0.15, 0.2) is 40.2 Å². The number of methoxy groups -OCH3 is 2. The Morgan fingerprint density at radius 3 is 2.46 bits per heavy atom. The Morgan fingerprint density at radius 2 is 1.83 bits per heavy atom. The highest BCUT2D eigenvalue weighted by Crippen LogP contribution is 2.24. The number of ether oxygens (including phenoxy) is 2. The lowest BCUT2D eigenvalue weighted by Crippen LogP contribution is -2.44. The maximum atomic E-state index is 12.2. The van der Waals surface area contributed by atoms with E-state index in [0.717, 1.165) is 0 Å². The molecule has 128 valence electrons. The Hall–Kier alpha value is -3.03. The third kappa shape index (κ3) is 3.65. The van der Waals surface area contributed by atoms with Gasteiger partial charge in [0.1, 0.15) is 11.5 Å². The molecule has 0 N–H and O–H groups in total. The minimum Gasteiger partial charge on any atom is -0.497 e. The number of aromatic nitrogens is 2. The molecule has 0 saturated heterocycles. The van der Waals surface area contributed by atoms with Gasteiger partial charge in [-0.25, -0.2) is 4.79 Å². The topological polar surface area (TPSA) is 88.8 Å². The van der Waals surface area contributed by atoms with Gasteiger partial charge in [0, 0.05) is 24.2 Å². The van der Waals surface area contributed by atoms with Crippen molar-refractivity contribution in [1.82, 2.24) is 9.30 Å². The fourth-order valence-electron chi connectivity index (χ4n) is 2.03. The first kappa shape index (κ1) is 17.3. The highest BCUT2D eigenvalue weighted by Gasteiger charge is 2.11. The monoisotopic (exact) mass is 334 g/mol. The SMILES string of the molecule is CCC(=O)On1ccn(Cc2ccc(OC)cc2OC)c(=O)c1=O. The standard InChI is InChI=1S/C16H18N2O6/c1-4-14(19)24-18-8-7-17(15(20)16(18)21)10-11-5-6-12(22-2)9-13(11)23-3/h5-9H,4,10H2,1-3H3. The molecule has 0 unspecified atom stereocenters. The molecule has 0 fully saturated rings. The molecule has 1 heterocycles. The van der Waals surface area contributed by atoms with Gasteiger partial charge in [-0.3, -0.25) is 9.59 Å². The summed E-state index contributed by atoms with van der Waals surface area (Å²) in [6.07, 6.45) is 2.70. The van der Waals surface area contributed by atoms with E-state index in [1.165, 1.54) is 31.2 Å². The van der Waals surface area contributed by atoms with Crippen LogP contribution in [0.2, 0.25) is 0 Å². The van der Waals surface area contributed by atoms with E-state index in [1.807, 2.05) is 0 Å². The molecule has 8 heteroatoms. The van der Waals surface area contributed by atoms with Gasteiger partial charge in [0.15, 0.2) is 0 Å². The summed E-state index contributed by atoms with van der Waals surface area (Å²) in [4.78, 5) is 40.2. The predicted molar refractivity (Wildman–Crippen MR) is 85.5 cm³/mol. The van der Waals surface area contributed by atoms with Crippen molar-refractivity contribution in [2.45, 2.75) is 19.9 Å². The Kier molecular flexibility index (Phi) is 5.41. The van der Waals surface area contributed by atoms with Crippen LogP contribution in [0, 0.1) is 0 Å². The molecular formula is C16H18N2O6. The van der Waals surface area contributed by atoms with Gasteiger partial charge in [0.25, 0.3) is 0 Å². The minimum absolute atomic E-state index is 0.0958. The molecule has 0 aliphatic heterocycles. The Balaban J connectivity index is 2.35. The molecule has 0 bridgehead atoms. The highest BCUT2D eigenvalue weighted by molar-refractivity contribution is 5.69. The first-order chi connectivity index (χ1) is 11.5. The molecule has 0 amide bonds. The molecule has 2 aromatic rings. The van der Waals surface area contributed by atoms with E-state index >= 15 is 0 Å². The van der Waals surface area contributed by atoms with Gasteiger partial charge in [0.2, 0.25) is 0 Å². The zero-order valence-electron chi connectivity index (χ0n) is 13.6. The molecule has 1 aromatic heterocycles. The van der Waals surface area contributed by atoms with E-state index in [-0.39, 0.29) is 13.0 Å². The second-order valence-corrected chi connectivity index (χ2v) is 4.86. The molecule has 0 saturated carbocycles. The number of hydrogen-bond donors (Lipinski definition) is 0. The zero-order valence-corrected chi connectivity index (χ0v) is 13.6. The van der Waals surface area contributed by atoms with Gasteiger partial charge in [-0.15, -0.1) is 4.73 Å². The second kappa shape index (κ2) is 7.49. The van der Waals surface area contributed by atoms with Crippen molar-refractivity contribution < 1.29 is 19.1 Å². The summed E-state index contributed by atoms with van der Waals surface area (Å²) < 4.78 is 12.2. The van der Waals surface area contributed by atoms with E-state index in [0.29, 0.717) is 21.8 Å². The fraction of sp³-hybridized carbons (Fsp3) is 0.312. The summed E-state index contributed by atoms with van der Waals surface area (Å²) in [6.45, 7) is 1.72. The Bertz CT molecular complexity index is 852. The molecule has 1 aromatic carbocycles. The van der Waals surface area contributed by atoms with Gasteiger partial charge in [-0.05, 0) is 12.1 Å². The van der Waals surface area contributed by atoms with E-state index < -0.39 is 17.1 Å². The predicted octanol–water partition coefficient (Wildman–Crippen LogP) is 0.441. The first-order valence-electron chi connectivity index (χ1n) is 7.24. The molecule has 0 aliphatic rings. The van der Waals surface area contributed by atoms with Crippen LogP contribution in [0.3, 0.4) is 0 Å². The third-order valence-electron chi connectivity index (χ3n) is 3.35. The highest BCUT2D eigenvalue weighted by atomic mass is 16.7. The van der Waals surface area contributed by atoms with Gasteiger partial charge in [-0.1, -0.05) is 6.92 Å². The van der Waals surface area contributed by atoms with E-state index in [4.69, 9.17) is 14.3 Å². The van der Waals surface area contributed by atoms with Gasteiger partial charge in [-0.2, -0.15) is 0 Å². The van der Waals surface area contributed by atoms with Crippen LogP contribution >= 0.6 is 0 Å². The number of carbonyl (C=O) groups excluding carboxylic acids is 1. The van der Waals surface area contributed by atoms with Gasteiger partial charge < -0.3 is 18.9 Å². The van der Waals surface area contributed by atoms with Crippen LogP contribution in [0.4, 0.5) is 0 Å². The average molecular weight is 334 g/mol. The van der Waals surface area contributed by atoms with E-state index in [1.54, 1.807) is 25.1 Å². The molecule has 24 heavy (non-hydrogen) atoms. The van der Waals surface area contributed by atoms with Gasteiger partial charge in [0.05, 0.1) is 27.0 Å². The third-order valence-corrected chi connectivity index (χ3v) is 3.35. The van der Waals surface area contributed by atoms with Crippen LogP contribution in [0.25, 0.3) is 0 Å². The Labute approximate surface area is 137 Å². The number of rotatable bonds is 6.